The first kappa shape index (κ1) is 52.7. The van der Waals surface area contributed by atoms with Gasteiger partial charge in [0.05, 0.1) is 0 Å². The van der Waals surface area contributed by atoms with Crippen molar-refractivity contribution in [3.63, 3.8) is 0 Å². The zero-order valence-corrected chi connectivity index (χ0v) is 12.1. The van der Waals surface area contributed by atoms with Crippen molar-refractivity contribution in [3.8, 4) is 0 Å². The minimum atomic E-state index is 0. The second-order valence-corrected chi connectivity index (χ2v) is 1.98. The Bertz CT molecular complexity index is 183. The van der Waals surface area contributed by atoms with E-state index in [9.17, 15) is 0 Å². The van der Waals surface area contributed by atoms with Gasteiger partial charge in [0.15, 0.2) is 0 Å². The largest absolute Gasteiger partial charge is 0.103 e. The minimum Gasteiger partial charge on any atom is -0.103 e. The second-order valence-electron chi connectivity index (χ2n) is 1.98. The fraction of sp³-hybridized carbons (Fsp3) is 0.467. The predicted octanol–water partition coefficient (Wildman–Crippen LogP) is 5.47. The van der Waals surface area contributed by atoms with Crippen LogP contribution in [0.5, 0.6) is 0 Å². The molecule has 102 valence electrons. The Morgan fingerprint density at radius 1 is 0.765 bits per heavy atom. The van der Waals surface area contributed by atoms with Gasteiger partial charge in [-0.05, 0) is 12.0 Å². The van der Waals surface area contributed by atoms with E-state index in [1.165, 1.54) is 5.56 Å². The summed E-state index contributed by atoms with van der Waals surface area (Å²) in [6.45, 7) is 3.66. The van der Waals surface area contributed by atoms with Crippen molar-refractivity contribution < 1.29 is 0 Å². The van der Waals surface area contributed by atoms with Gasteiger partial charge in [-0.1, -0.05) is 81.0 Å². The predicted molar refractivity (Wildman–Crippen MR) is 92.2 cm³/mol. The van der Waals surface area contributed by atoms with Crippen LogP contribution in [0.4, 0.5) is 0 Å². The molecule has 1 rings (SSSR count). The fourth-order valence-corrected chi connectivity index (χ4v) is 0.781. The van der Waals surface area contributed by atoms with E-state index in [4.69, 9.17) is 0 Å². The first-order valence-electron chi connectivity index (χ1n) is 3.08. The van der Waals surface area contributed by atoms with Gasteiger partial charge in [0.1, 0.15) is 0 Å². The molecule has 0 atom stereocenters. The van der Waals surface area contributed by atoms with Gasteiger partial charge in [-0.25, -0.2) is 0 Å². The maximum Gasteiger partial charge on any atom is 0 e. The number of rotatable bonds is 2. The third-order valence-electron chi connectivity index (χ3n) is 1.22. The van der Waals surface area contributed by atoms with Crippen molar-refractivity contribution in [2.24, 2.45) is 0 Å². The normalized spacial score (nSPS) is 4.71. The van der Waals surface area contributed by atoms with Crippen LogP contribution >= 0.6 is 0 Å². The molecule has 0 unspecified atom stereocenters. The number of allylic oxidation sites excluding steroid dienone is 1. The van der Waals surface area contributed by atoms with Gasteiger partial charge >= 0.3 is 0 Å². The molecule has 0 bridgehead atoms. The molecule has 0 aromatic heterocycles. The van der Waals surface area contributed by atoms with Gasteiger partial charge in [0.25, 0.3) is 0 Å². The van der Waals surface area contributed by atoms with Crippen molar-refractivity contribution in [1.29, 1.82) is 0 Å². The van der Waals surface area contributed by atoms with E-state index >= 15 is 0 Å². The van der Waals surface area contributed by atoms with E-state index in [0.717, 1.165) is 6.42 Å². The summed E-state index contributed by atoms with van der Waals surface area (Å²) in [5.41, 5.74) is 1.33. The molecule has 0 saturated carbocycles. The van der Waals surface area contributed by atoms with Gasteiger partial charge in [-0.3, -0.25) is 0 Å². The van der Waals surface area contributed by atoms with Gasteiger partial charge in [-0.2, -0.15) is 0 Å². The van der Waals surface area contributed by atoms with Gasteiger partial charge in [-0.15, -0.1) is 6.58 Å². The molecule has 1 aromatic rings. The van der Waals surface area contributed by atoms with Crippen LogP contribution in [-0.4, -0.2) is 47.8 Å². The topological polar surface area (TPSA) is 0 Å². The molecule has 0 spiro atoms. The van der Waals surface area contributed by atoms with Crippen LogP contribution in [0.2, 0.25) is 0 Å². The Labute approximate surface area is 146 Å². The zero-order chi connectivity index (χ0) is 6.53. The summed E-state index contributed by atoms with van der Waals surface area (Å²) in [6, 6.07) is 10.3. The van der Waals surface area contributed by atoms with Crippen molar-refractivity contribution in [1.82, 2.24) is 0 Å². The van der Waals surface area contributed by atoms with Crippen molar-refractivity contribution in [2.45, 2.75) is 51.0 Å². The van der Waals surface area contributed by atoms with Gasteiger partial charge < -0.3 is 0 Å². The van der Waals surface area contributed by atoms with E-state index in [-0.39, 0.29) is 92.4 Å². The summed E-state index contributed by atoms with van der Waals surface area (Å²) in [5, 5.41) is 0. The number of hydrogen-bond acceptors (Lipinski definition) is 0. The maximum atomic E-state index is 3.66. The van der Waals surface area contributed by atoms with E-state index < -0.39 is 0 Å². The van der Waals surface area contributed by atoms with Gasteiger partial charge in [0, 0.05) is 47.8 Å². The fourth-order valence-electron chi connectivity index (χ4n) is 0.781. The molecule has 0 saturated heterocycles. The summed E-state index contributed by atoms with van der Waals surface area (Å²) < 4.78 is 0. The number of benzene rings is 1. The van der Waals surface area contributed by atoms with Crippen LogP contribution in [-0.2, 0) is 6.42 Å². The Balaban J connectivity index is -0.0000000169. The molecular weight excluding hydrogens is 418 g/mol. The molecule has 17 heavy (non-hydrogen) atoms. The Hall–Kier alpha value is 0.557. The molecule has 0 heterocycles. The van der Waals surface area contributed by atoms with Crippen molar-refractivity contribution in [2.75, 3.05) is 0 Å². The minimum absolute atomic E-state index is 0. The zero-order valence-electron chi connectivity index (χ0n) is 6.38. The van der Waals surface area contributed by atoms with Crippen LogP contribution in [0, 0.1) is 0 Å². The van der Waals surface area contributed by atoms with Crippen LogP contribution in [0.1, 0.15) is 50.1 Å². The van der Waals surface area contributed by atoms with Crippen LogP contribution in [0.25, 0.3) is 0 Å². The third-order valence-corrected chi connectivity index (χ3v) is 1.22. The van der Waals surface area contributed by atoms with Gasteiger partial charge in [0.2, 0.25) is 0 Å². The van der Waals surface area contributed by atoms with Crippen LogP contribution in [0.3, 0.4) is 0 Å². The molecule has 8 radical (unpaired) electrons. The molecular formula is C15H34Sn2. The summed E-state index contributed by atoms with van der Waals surface area (Å²) in [7, 11) is 0. The molecule has 1 aromatic carbocycles. The summed E-state index contributed by atoms with van der Waals surface area (Å²) in [4.78, 5) is 0. The molecule has 2 heteroatoms. The smallest absolute Gasteiger partial charge is 0 e. The van der Waals surface area contributed by atoms with E-state index in [2.05, 4.69) is 18.7 Å². The molecule has 0 fully saturated rings. The Kier molecular flexibility index (Phi) is 111. The summed E-state index contributed by atoms with van der Waals surface area (Å²) in [6.07, 6.45) is 2.89. The van der Waals surface area contributed by atoms with E-state index in [1.807, 2.05) is 24.3 Å². The summed E-state index contributed by atoms with van der Waals surface area (Å²) in [5.74, 6) is 0. The third kappa shape index (κ3) is 26.3. The van der Waals surface area contributed by atoms with Crippen LogP contribution in [0.15, 0.2) is 43.0 Å². The molecule has 0 N–H and O–H groups in total. The van der Waals surface area contributed by atoms with Crippen LogP contribution < -0.4 is 0 Å². The van der Waals surface area contributed by atoms with E-state index in [1.54, 1.807) is 0 Å². The second kappa shape index (κ2) is 36.0. The first-order valence-corrected chi connectivity index (χ1v) is 3.08. The molecule has 0 nitrogen and oxygen atoms in total. The SMILES string of the molecule is C.C.C.C.C.C.C=CCc1ccccc1.[Sn].[Sn]. The molecule has 0 aliphatic carbocycles. The van der Waals surface area contributed by atoms with E-state index in [0.29, 0.717) is 0 Å². The number of hydrogen-bond donors (Lipinski definition) is 0. The molecule has 0 aliphatic heterocycles. The molecule has 0 aliphatic rings. The van der Waals surface area contributed by atoms with Crippen molar-refractivity contribution >= 4 is 47.8 Å². The average molecular weight is 452 g/mol. The summed E-state index contributed by atoms with van der Waals surface area (Å²) >= 11 is 0. The average Bonchev–Trinajstić information content (AvgIpc) is 1.91. The maximum absolute atomic E-state index is 3.66. The Morgan fingerprint density at radius 3 is 1.41 bits per heavy atom. The quantitative estimate of drug-likeness (QED) is 0.413. The standard InChI is InChI=1S/C9H10.6CH4.2Sn/c1-2-6-9-7-4-3-5-8-9;;;;;;;;/h2-5,7-8H,1,6H2;6*1H4;;. The molecule has 0 amide bonds. The van der Waals surface area contributed by atoms with Crippen molar-refractivity contribution in [3.05, 3.63) is 48.6 Å². The monoisotopic (exact) mass is 454 g/mol. The Morgan fingerprint density at radius 2 is 1.12 bits per heavy atom. The first-order chi connectivity index (χ1) is 4.43.